The number of nitrogens with two attached hydrogens (primary N) is 1. The quantitative estimate of drug-likeness (QED) is 0.740. The van der Waals surface area contributed by atoms with Crippen molar-refractivity contribution in [3.63, 3.8) is 0 Å². The van der Waals surface area contributed by atoms with E-state index in [0.29, 0.717) is 0 Å². The number of carbonyl (C=O) groups excluding carboxylic acids is 2. The number of likely N-dealkylation sites (tertiary alicyclic amines) is 1. The van der Waals surface area contributed by atoms with E-state index in [9.17, 15) is 9.59 Å². The van der Waals surface area contributed by atoms with Crippen molar-refractivity contribution in [3.8, 4) is 0 Å². The van der Waals surface area contributed by atoms with Crippen LogP contribution in [0.5, 0.6) is 0 Å². The van der Waals surface area contributed by atoms with Crippen molar-refractivity contribution in [1.82, 2.24) is 10.2 Å². The van der Waals surface area contributed by atoms with Gasteiger partial charge in [-0.1, -0.05) is 0 Å². The van der Waals surface area contributed by atoms with E-state index in [1.165, 1.54) is 0 Å². The summed E-state index contributed by atoms with van der Waals surface area (Å²) in [5, 5.41) is 2.65. The molecule has 1 saturated heterocycles. The van der Waals surface area contributed by atoms with Crippen LogP contribution in [0.4, 0.5) is 0 Å². The van der Waals surface area contributed by atoms with Crippen LogP contribution in [0.15, 0.2) is 0 Å². The molecule has 1 aliphatic carbocycles. The third kappa shape index (κ3) is 2.66. The van der Waals surface area contributed by atoms with Gasteiger partial charge in [0.25, 0.3) is 0 Å². The maximum absolute atomic E-state index is 12.4. The van der Waals surface area contributed by atoms with Crippen molar-refractivity contribution in [2.75, 3.05) is 13.6 Å². The highest BCUT2D eigenvalue weighted by atomic mass is 16.2. The van der Waals surface area contributed by atoms with Gasteiger partial charge >= 0.3 is 0 Å². The van der Waals surface area contributed by atoms with Gasteiger partial charge in [-0.3, -0.25) is 9.59 Å². The zero-order valence-electron chi connectivity index (χ0n) is 11.0. The number of nitrogens with one attached hydrogen (secondary N) is 1. The Kier molecular flexibility index (Phi) is 4.22. The smallest absolute Gasteiger partial charge is 0.242 e. The number of carbonyl (C=O) groups is 2. The third-order valence-electron chi connectivity index (χ3n) is 4.21. The summed E-state index contributed by atoms with van der Waals surface area (Å²) in [5.41, 5.74) is 5.86. The number of likely N-dealkylation sites (N-methyl/N-ethyl adjacent to an activating group) is 1. The van der Waals surface area contributed by atoms with Crippen LogP contribution in [0.2, 0.25) is 0 Å². The first-order chi connectivity index (χ1) is 8.63. The van der Waals surface area contributed by atoms with Crippen LogP contribution in [-0.2, 0) is 9.59 Å². The van der Waals surface area contributed by atoms with E-state index in [-0.39, 0.29) is 29.8 Å². The van der Waals surface area contributed by atoms with E-state index in [2.05, 4.69) is 5.32 Å². The molecule has 0 spiro atoms. The minimum absolute atomic E-state index is 0.0339. The summed E-state index contributed by atoms with van der Waals surface area (Å²) in [4.78, 5) is 26.0. The Morgan fingerprint density at radius 1 is 1.17 bits per heavy atom. The predicted octanol–water partition coefficient (Wildman–Crippen LogP) is 0.241. The standard InChI is InChI=1S/C13H23N3O2/c1-15-12(17)11-3-2-8-16(11)13(18)9-4-6-10(14)7-5-9/h9-11H,2-8,14H2,1H3,(H,15,17). The van der Waals surface area contributed by atoms with Crippen LogP contribution >= 0.6 is 0 Å². The maximum atomic E-state index is 12.4. The molecule has 5 nitrogen and oxygen atoms in total. The lowest BCUT2D eigenvalue weighted by molar-refractivity contribution is -0.142. The summed E-state index contributed by atoms with van der Waals surface area (Å²) in [6, 6.07) is 0.000431. The van der Waals surface area contributed by atoms with Crippen LogP contribution in [0.1, 0.15) is 38.5 Å². The molecule has 102 valence electrons. The molecule has 1 saturated carbocycles. The molecule has 1 unspecified atom stereocenters. The van der Waals surface area contributed by atoms with Crippen molar-refractivity contribution in [3.05, 3.63) is 0 Å². The minimum atomic E-state index is -0.252. The molecule has 1 aliphatic heterocycles. The van der Waals surface area contributed by atoms with Crippen LogP contribution in [0, 0.1) is 5.92 Å². The highest BCUT2D eigenvalue weighted by Crippen LogP contribution is 2.28. The minimum Gasteiger partial charge on any atom is -0.357 e. The SMILES string of the molecule is CNC(=O)C1CCCN1C(=O)C1CCC(N)CC1. The molecule has 1 heterocycles. The van der Waals surface area contributed by atoms with E-state index >= 15 is 0 Å². The summed E-state index contributed by atoms with van der Waals surface area (Å²) in [5.74, 6) is 0.205. The molecule has 0 aromatic rings. The highest BCUT2D eigenvalue weighted by Gasteiger charge is 2.37. The lowest BCUT2D eigenvalue weighted by Crippen LogP contribution is -2.47. The molecule has 2 fully saturated rings. The van der Waals surface area contributed by atoms with Crippen molar-refractivity contribution in [2.24, 2.45) is 11.7 Å². The number of hydrogen-bond donors (Lipinski definition) is 2. The molecular weight excluding hydrogens is 230 g/mol. The van der Waals surface area contributed by atoms with Crippen molar-refractivity contribution < 1.29 is 9.59 Å². The van der Waals surface area contributed by atoms with Crippen molar-refractivity contribution in [2.45, 2.75) is 50.6 Å². The molecule has 0 radical (unpaired) electrons. The molecule has 5 heteroatoms. The number of nitrogens with zero attached hydrogens (tertiary/aromatic N) is 1. The van der Waals surface area contributed by atoms with Crippen LogP contribution in [-0.4, -0.2) is 42.4 Å². The topological polar surface area (TPSA) is 75.4 Å². The third-order valence-corrected chi connectivity index (χ3v) is 4.21. The van der Waals surface area contributed by atoms with Gasteiger partial charge in [-0.05, 0) is 38.5 Å². The van der Waals surface area contributed by atoms with Crippen molar-refractivity contribution in [1.29, 1.82) is 0 Å². The largest absolute Gasteiger partial charge is 0.357 e. The number of rotatable bonds is 2. The lowest BCUT2D eigenvalue weighted by Gasteiger charge is -2.31. The molecule has 0 aromatic heterocycles. The summed E-state index contributed by atoms with van der Waals surface area (Å²) in [7, 11) is 1.63. The summed E-state index contributed by atoms with van der Waals surface area (Å²) < 4.78 is 0. The summed E-state index contributed by atoms with van der Waals surface area (Å²) in [6.45, 7) is 0.722. The first-order valence-corrected chi connectivity index (χ1v) is 6.91. The number of hydrogen-bond acceptors (Lipinski definition) is 3. The van der Waals surface area contributed by atoms with Crippen molar-refractivity contribution >= 4 is 11.8 Å². The highest BCUT2D eigenvalue weighted by molar-refractivity contribution is 5.89. The molecule has 18 heavy (non-hydrogen) atoms. The Labute approximate surface area is 108 Å². The Morgan fingerprint density at radius 2 is 1.83 bits per heavy atom. The Bertz CT molecular complexity index is 324. The fourth-order valence-electron chi connectivity index (χ4n) is 3.07. The van der Waals surface area contributed by atoms with Gasteiger partial charge in [-0.2, -0.15) is 0 Å². The predicted molar refractivity (Wildman–Crippen MR) is 68.7 cm³/mol. The van der Waals surface area contributed by atoms with E-state index in [0.717, 1.165) is 45.1 Å². The molecular formula is C13H23N3O2. The van der Waals surface area contributed by atoms with Gasteiger partial charge in [-0.15, -0.1) is 0 Å². The second-order valence-corrected chi connectivity index (χ2v) is 5.42. The van der Waals surface area contributed by atoms with E-state index in [1.807, 2.05) is 0 Å². The molecule has 1 atom stereocenters. The molecule has 0 aromatic carbocycles. The zero-order valence-corrected chi connectivity index (χ0v) is 11.0. The monoisotopic (exact) mass is 253 g/mol. The van der Waals surface area contributed by atoms with Crippen LogP contribution in [0.25, 0.3) is 0 Å². The van der Waals surface area contributed by atoms with Gasteiger partial charge in [0.15, 0.2) is 0 Å². The molecule has 2 amide bonds. The van der Waals surface area contributed by atoms with Gasteiger partial charge in [0.1, 0.15) is 6.04 Å². The molecule has 2 rings (SSSR count). The normalized spacial score (nSPS) is 32.3. The lowest BCUT2D eigenvalue weighted by atomic mass is 9.85. The Morgan fingerprint density at radius 3 is 2.44 bits per heavy atom. The molecule has 3 N–H and O–H groups in total. The molecule has 2 aliphatic rings. The summed E-state index contributed by atoms with van der Waals surface area (Å²) >= 11 is 0. The van der Waals surface area contributed by atoms with Gasteiger partial charge < -0.3 is 16.0 Å². The van der Waals surface area contributed by atoms with Gasteiger partial charge in [0.2, 0.25) is 11.8 Å². The van der Waals surface area contributed by atoms with Crippen LogP contribution < -0.4 is 11.1 Å². The molecule has 0 bridgehead atoms. The number of amides is 2. The van der Waals surface area contributed by atoms with E-state index in [1.54, 1.807) is 11.9 Å². The second-order valence-electron chi connectivity index (χ2n) is 5.42. The average molecular weight is 253 g/mol. The zero-order chi connectivity index (χ0) is 13.1. The first-order valence-electron chi connectivity index (χ1n) is 6.91. The fourth-order valence-corrected chi connectivity index (χ4v) is 3.07. The Hall–Kier alpha value is -1.10. The van der Waals surface area contributed by atoms with Crippen LogP contribution in [0.3, 0.4) is 0 Å². The first kappa shape index (κ1) is 13.3. The second kappa shape index (κ2) is 5.69. The average Bonchev–Trinajstić information content (AvgIpc) is 2.87. The Balaban J connectivity index is 1.97. The fraction of sp³-hybridized carbons (Fsp3) is 0.846. The maximum Gasteiger partial charge on any atom is 0.242 e. The van der Waals surface area contributed by atoms with E-state index < -0.39 is 0 Å². The van der Waals surface area contributed by atoms with Gasteiger partial charge in [0, 0.05) is 25.6 Å². The van der Waals surface area contributed by atoms with Gasteiger partial charge in [0.05, 0.1) is 0 Å². The summed E-state index contributed by atoms with van der Waals surface area (Å²) in [6.07, 6.45) is 5.31. The van der Waals surface area contributed by atoms with E-state index in [4.69, 9.17) is 5.73 Å². The van der Waals surface area contributed by atoms with Gasteiger partial charge in [-0.25, -0.2) is 0 Å².